The van der Waals surface area contributed by atoms with Crippen LogP contribution in [0.5, 0.6) is 0 Å². The lowest BCUT2D eigenvalue weighted by atomic mass is 9.77. The van der Waals surface area contributed by atoms with E-state index in [1.807, 2.05) is 0 Å². The topological polar surface area (TPSA) is 22.1 Å². The average molecular weight is 333 g/mol. The van der Waals surface area contributed by atoms with Gasteiger partial charge in [0, 0.05) is 0 Å². The van der Waals surface area contributed by atoms with Crippen molar-refractivity contribution in [1.29, 1.82) is 0 Å². The van der Waals surface area contributed by atoms with E-state index in [1.165, 1.54) is 19.3 Å². The molecule has 0 aromatic carbocycles. The van der Waals surface area contributed by atoms with Gasteiger partial charge in [0.05, 0.1) is 5.54 Å². The van der Waals surface area contributed by atoms with E-state index in [4.69, 9.17) is 4.74 Å². The van der Waals surface area contributed by atoms with Gasteiger partial charge >= 0.3 is 0 Å². The summed E-state index contributed by atoms with van der Waals surface area (Å²) in [6, 6.07) is 0. The van der Waals surface area contributed by atoms with Crippen molar-refractivity contribution in [3.05, 3.63) is 0 Å². The van der Waals surface area contributed by atoms with Gasteiger partial charge in [-0.05, 0) is 74.4 Å². The van der Waals surface area contributed by atoms with Crippen LogP contribution in [0.1, 0.15) is 60.3 Å². The SMILES string of the molecule is CCCCC(C)(C)CC(C)(C)N=P(N(C)C)(N(C)C)N(C)C. The third kappa shape index (κ3) is 5.96. The molecule has 0 rings (SSSR count). The van der Waals surface area contributed by atoms with E-state index in [0.29, 0.717) is 5.41 Å². The first-order valence-electron chi connectivity index (χ1n) is 8.47. The van der Waals surface area contributed by atoms with Crippen LogP contribution in [0.2, 0.25) is 0 Å². The summed E-state index contributed by atoms with van der Waals surface area (Å²) in [4.78, 5) is 0. The standard InChI is InChI=1S/C17H41N4P/c1-12-13-14-16(2,3)15-17(4,5)18-22(19(6)7,20(8)9)21(10)11/h12-15H2,1-11H3. The molecule has 0 amide bonds. The second-order valence-corrected chi connectivity index (χ2v) is 12.1. The highest BCUT2D eigenvalue weighted by molar-refractivity contribution is 7.59. The van der Waals surface area contributed by atoms with Gasteiger partial charge in [0.1, 0.15) is 0 Å². The monoisotopic (exact) mass is 332 g/mol. The Morgan fingerprint density at radius 1 is 0.818 bits per heavy atom. The van der Waals surface area contributed by atoms with E-state index in [2.05, 4.69) is 90.9 Å². The lowest BCUT2D eigenvalue weighted by Crippen LogP contribution is -2.35. The third-order valence-electron chi connectivity index (χ3n) is 4.13. The van der Waals surface area contributed by atoms with Crippen LogP contribution >= 0.6 is 7.51 Å². The molecule has 0 aromatic heterocycles. The van der Waals surface area contributed by atoms with Crippen LogP contribution < -0.4 is 0 Å². The summed E-state index contributed by atoms with van der Waals surface area (Å²) in [6.07, 6.45) is 4.97. The van der Waals surface area contributed by atoms with Crippen LogP contribution in [0.3, 0.4) is 0 Å². The van der Waals surface area contributed by atoms with Gasteiger partial charge < -0.3 is 0 Å². The first-order valence-corrected chi connectivity index (χ1v) is 10.1. The molecule has 0 heterocycles. The molecule has 0 aliphatic carbocycles. The molecule has 0 aliphatic rings. The largest absolute Gasteiger partial charge is 0.254 e. The van der Waals surface area contributed by atoms with E-state index in [1.54, 1.807) is 0 Å². The summed E-state index contributed by atoms with van der Waals surface area (Å²) in [7, 11) is 11.1. The zero-order valence-corrected chi connectivity index (χ0v) is 18.0. The van der Waals surface area contributed by atoms with Crippen LogP contribution in [0.4, 0.5) is 0 Å². The van der Waals surface area contributed by atoms with Crippen molar-refractivity contribution >= 4 is 7.51 Å². The van der Waals surface area contributed by atoms with Gasteiger partial charge in [-0.2, -0.15) is 0 Å². The first kappa shape index (κ1) is 22.1. The molecule has 0 bridgehead atoms. The molecule has 0 aromatic rings. The minimum absolute atomic E-state index is 0.0379. The van der Waals surface area contributed by atoms with E-state index >= 15 is 0 Å². The Kier molecular flexibility index (Phi) is 8.32. The van der Waals surface area contributed by atoms with Crippen LogP contribution in [0, 0.1) is 5.41 Å². The number of unbranched alkanes of at least 4 members (excludes halogenated alkanes) is 1. The quantitative estimate of drug-likeness (QED) is 0.555. The fourth-order valence-corrected chi connectivity index (χ4v) is 7.14. The Morgan fingerprint density at radius 3 is 1.55 bits per heavy atom. The molecule has 0 unspecified atom stereocenters. The molecular weight excluding hydrogens is 291 g/mol. The summed E-state index contributed by atoms with van der Waals surface area (Å²) >= 11 is 0. The number of hydrogen-bond acceptors (Lipinski definition) is 1. The fourth-order valence-electron chi connectivity index (χ4n) is 3.66. The summed E-state index contributed by atoms with van der Waals surface area (Å²) in [6.45, 7) is 11.6. The van der Waals surface area contributed by atoms with Gasteiger partial charge in [0.25, 0.3) is 0 Å². The zero-order valence-electron chi connectivity index (χ0n) is 17.1. The molecule has 0 aliphatic heterocycles. The average Bonchev–Trinajstić information content (AvgIpc) is 2.31. The van der Waals surface area contributed by atoms with Crippen molar-refractivity contribution in [1.82, 2.24) is 14.0 Å². The predicted molar refractivity (Wildman–Crippen MR) is 102 cm³/mol. The van der Waals surface area contributed by atoms with Crippen molar-refractivity contribution in [2.24, 2.45) is 10.2 Å². The second-order valence-electron chi connectivity index (χ2n) is 8.44. The maximum Gasteiger partial charge on any atom is 0.166 e. The Bertz CT molecular complexity index is 356. The van der Waals surface area contributed by atoms with Crippen LogP contribution in [-0.2, 0) is 0 Å². The third-order valence-corrected chi connectivity index (χ3v) is 8.16. The Balaban J connectivity index is 5.64. The molecule has 0 N–H and O–H groups in total. The van der Waals surface area contributed by atoms with Gasteiger partial charge in [0.15, 0.2) is 7.51 Å². The lowest BCUT2D eigenvalue weighted by molar-refractivity contribution is 0.236. The molecule has 0 atom stereocenters. The maximum absolute atomic E-state index is 5.42. The number of hydrogen-bond donors (Lipinski definition) is 0. The van der Waals surface area contributed by atoms with Crippen molar-refractivity contribution < 1.29 is 0 Å². The molecule has 22 heavy (non-hydrogen) atoms. The van der Waals surface area contributed by atoms with Gasteiger partial charge in [0.2, 0.25) is 0 Å². The number of nitrogens with zero attached hydrogens (tertiary/aromatic N) is 4. The van der Waals surface area contributed by atoms with E-state index in [-0.39, 0.29) is 5.54 Å². The van der Waals surface area contributed by atoms with E-state index < -0.39 is 7.51 Å². The van der Waals surface area contributed by atoms with Crippen molar-refractivity contribution in [2.45, 2.75) is 65.8 Å². The van der Waals surface area contributed by atoms with Crippen molar-refractivity contribution in [2.75, 3.05) is 42.3 Å². The van der Waals surface area contributed by atoms with E-state index in [0.717, 1.165) is 6.42 Å². The van der Waals surface area contributed by atoms with Gasteiger partial charge in [-0.25, -0.2) is 0 Å². The van der Waals surface area contributed by atoms with Gasteiger partial charge in [-0.3, -0.25) is 18.8 Å². The Morgan fingerprint density at radius 2 is 1.23 bits per heavy atom. The minimum Gasteiger partial charge on any atom is -0.254 e. The predicted octanol–water partition coefficient (Wildman–Crippen LogP) is 5.00. The summed E-state index contributed by atoms with van der Waals surface area (Å²) in [5.74, 6) is 0. The summed E-state index contributed by atoms with van der Waals surface area (Å²) in [5, 5.41) is 0. The molecule has 0 saturated carbocycles. The molecular formula is C17H41N4P. The molecule has 5 heteroatoms. The zero-order chi connectivity index (χ0) is 17.8. The highest BCUT2D eigenvalue weighted by atomic mass is 31.2. The molecule has 0 fully saturated rings. The van der Waals surface area contributed by atoms with Crippen LogP contribution in [0.25, 0.3) is 0 Å². The van der Waals surface area contributed by atoms with Crippen LogP contribution in [-0.4, -0.2) is 61.8 Å². The molecule has 0 spiro atoms. The fraction of sp³-hybridized carbons (Fsp3) is 1.00. The maximum atomic E-state index is 5.42. The smallest absolute Gasteiger partial charge is 0.166 e. The Hall–Kier alpha value is 0.110. The minimum atomic E-state index is -1.82. The van der Waals surface area contributed by atoms with E-state index in [9.17, 15) is 0 Å². The van der Waals surface area contributed by atoms with Crippen molar-refractivity contribution in [3.8, 4) is 0 Å². The summed E-state index contributed by atoms with van der Waals surface area (Å²) in [5.41, 5.74) is 0.299. The first-order chi connectivity index (χ1) is 9.81. The lowest BCUT2D eigenvalue weighted by Gasteiger charge is -2.44. The van der Waals surface area contributed by atoms with Gasteiger partial charge in [-0.1, -0.05) is 33.6 Å². The summed E-state index contributed by atoms with van der Waals surface area (Å²) < 4.78 is 12.3. The van der Waals surface area contributed by atoms with Crippen molar-refractivity contribution in [3.63, 3.8) is 0 Å². The highest BCUT2D eigenvalue weighted by Crippen LogP contribution is 2.57. The molecule has 0 radical (unpaired) electrons. The van der Waals surface area contributed by atoms with Gasteiger partial charge in [-0.15, -0.1) is 0 Å². The van der Waals surface area contributed by atoms with Crippen LogP contribution in [0.15, 0.2) is 4.74 Å². The molecule has 0 saturated heterocycles. The second kappa shape index (κ2) is 8.28. The molecule has 4 nitrogen and oxygen atoms in total. The molecule has 134 valence electrons. The number of rotatable bonds is 9. The normalized spacial score (nSPS) is 14.3. The Labute approximate surface area is 140 Å². The highest BCUT2D eigenvalue weighted by Gasteiger charge is 2.35.